The SMILES string of the molecule is O=C(C1[C@@H]2CCCC[C@@H]12)N1CCC(c2noc3cc(F)ccc23)CC1. The number of piperidine rings is 1. The number of carbonyl (C=O) groups is 1. The minimum atomic E-state index is -0.304. The molecule has 0 radical (unpaired) electrons. The summed E-state index contributed by atoms with van der Waals surface area (Å²) in [6, 6.07) is 4.60. The zero-order chi connectivity index (χ0) is 17.0. The molecule has 1 aromatic carbocycles. The lowest BCUT2D eigenvalue weighted by Crippen LogP contribution is -2.39. The molecule has 2 heterocycles. The lowest BCUT2D eigenvalue weighted by atomic mass is 9.91. The number of rotatable bonds is 2. The molecule has 1 aliphatic heterocycles. The van der Waals surface area contributed by atoms with E-state index in [1.807, 2.05) is 0 Å². The largest absolute Gasteiger partial charge is 0.356 e. The first-order chi connectivity index (χ1) is 12.2. The molecule has 5 rings (SSSR count). The number of likely N-dealkylation sites (tertiary alicyclic amines) is 1. The van der Waals surface area contributed by atoms with Crippen molar-refractivity contribution in [2.45, 2.75) is 44.4 Å². The lowest BCUT2D eigenvalue weighted by Gasteiger charge is -2.31. The monoisotopic (exact) mass is 342 g/mol. The molecule has 25 heavy (non-hydrogen) atoms. The smallest absolute Gasteiger partial charge is 0.226 e. The van der Waals surface area contributed by atoms with Crippen LogP contribution in [0.5, 0.6) is 0 Å². The van der Waals surface area contributed by atoms with E-state index in [2.05, 4.69) is 10.1 Å². The second kappa shape index (κ2) is 5.82. The first-order valence-electron chi connectivity index (χ1n) is 9.56. The standard InChI is InChI=1S/C20H23FN2O2/c21-13-5-6-16-17(11-13)25-22-19(16)12-7-9-23(10-8-12)20(24)18-14-3-1-2-4-15(14)18/h5-6,11-12,14-15,18H,1-4,7-10H2/t14-,15-/m1/s1. The molecular formula is C20H23FN2O2. The number of carbonyl (C=O) groups excluding carboxylic acids is 1. The average molecular weight is 342 g/mol. The van der Waals surface area contributed by atoms with Gasteiger partial charge in [0.15, 0.2) is 5.58 Å². The van der Waals surface area contributed by atoms with Crippen LogP contribution in [0.25, 0.3) is 11.0 Å². The quantitative estimate of drug-likeness (QED) is 0.825. The lowest BCUT2D eigenvalue weighted by molar-refractivity contribution is -0.134. The maximum atomic E-state index is 13.3. The molecule has 3 fully saturated rings. The van der Waals surface area contributed by atoms with Crippen molar-refractivity contribution in [3.8, 4) is 0 Å². The summed E-state index contributed by atoms with van der Waals surface area (Å²) in [5, 5.41) is 5.09. The summed E-state index contributed by atoms with van der Waals surface area (Å²) < 4.78 is 18.6. The zero-order valence-corrected chi connectivity index (χ0v) is 14.3. The Morgan fingerprint density at radius 1 is 1.12 bits per heavy atom. The van der Waals surface area contributed by atoms with E-state index in [1.165, 1.54) is 37.8 Å². The Labute approximate surface area is 146 Å². The van der Waals surface area contributed by atoms with Crippen LogP contribution in [-0.2, 0) is 4.79 Å². The summed E-state index contributed by atoms with van der Waals surface area (Å²) in [4.78, 5) is 14.9. The molecule has 3 aliphatic rings. The fourth-order valence-electron chi connectivity index (χ4n) is 5.17. The Hall–Kier alpha value is -1.91. The normalized spacial score (nSPS) is 29.6. The van der Waals surface area contributed by atoms with Crippen LogP contribution >= 0.6 is 0 Å². The highest BCUT2D eigenvalue weighted by Gasteiger charge is 2.55. The van der Waals surface area contributed by atoms with E-state index in [4.69, 9.17) is 4.52 Å². The molecular weight excluding hydrogens is 319 g/mol. The summed E-state index contributed by atoms with van der Waals surface area (Å²) in [6.45, 7) is 1.60. The highest BCUT2D eigenvalue weighted by atomic mass is 19.1. The maximum absolute atomic E-state index is 13.3. The predicted octanol–water partition coefficient (Wildman–Crippen LogP) is 4.11. The number of halogens is 1. The number of hydrogen-bond acceptors (Lipinski definition) is 3. The van der Waals surface area contributed by atoms with Gasteiger partial charge in [-0.05, 0) is 49.7 Å². The minimum Gasteiger partial charge on any atom is -0.356 e. The van der Waals surface area contributed by atoms with Crippen molar-refractivity contribution >= 4 is 16.9 Å². The molecule has 0 bridgehead atoms. The Morgan fingerprint density at radius 3 is 2.56 bits per heavy atom. The zero-order valence-electron chi connectivity index (χ0n) is 14.3. The van der Waals surface area contributed by atoms with Gasteiger partial charge in [0.05, 0.1) is 5.69 Å². The molecule has 2 aromatic rings. The van der Waals surface area contributed by atoms with Gasteiger partial charge >= 0.3 is 0 Å². The van der Waals surface area contributed by atoms with Crippen LogP contribution in [0.15, 0.2) is 22.7 Å². The molecule has 1 saturated heterocycles. The Kier molecular flexibility index (Phi) is 3.57. The van der Waals surface area contributed by atoms with Gasteiger partial charge in [-0.3, -0.25) is 4.79 Å². The van der Waals surface area contributed by atoms with Crippen molar-refractivity contribution in [2.75, 3.05) is 13.1 Å². The summed E-state index contributed by atoms with van der Waals surface area (Å²) in [5.41, 5.74) is 1.43. The summed E-state index contributed by atoms with van der Waals surface area (Å²) in [7, 11) is 0. The number of aromatic nitrogens is 1. The van der Waals surface area contributed by atoms with Gasteiger partial charge in [-0.25, -0.2) is 4.39 Å². The fourth-order valence-corrected chi connectivity index (χ4v) is 5.17. The van der Waals surface area contributed by atoms with Crippen molar-refractivity contribution < 1.29 is 13.7 Å². The third kappa shape index (κ3) is 2.55. The molecule has 2 aliphatic carbocycles. The van der Waals surface area contributed by atoms with Gasteiger partial charge in [0.25, 0.3) is 0 Å². The van der Waals surface area contributed by atoms with E-state index >= 15 is 0 Å². The third-order valence-corrected chi connectivity index (χ3v) is 6.60. The van der Waals surface area contributed by atoms with E-state index in [9.17, 15) is 9.18 Å². The van der Waals surface area contributed by atoms with Crippen LogP contribution in [0.4, 0.5) is 4.39 Å². The second-order valence-corrected chi connectivity index (χ2v) is 7.95. The van der Waals surface area contributed by atoms with Crippen molar-refractivity contribution in [1.82, 2.24) is 10.1 Å². The van der Waals surface area contributed by atoms with E-state index in [0.717, 1.165) is 37.0 Å². The topological polar surface area (TPSA) is 46.3 Å². The molecule has 0 spiro atoms. The molecule has 0 unspecified atom stereocenters. The first kappa shape index (κ1) is 15.4. The Balaban J connectivity index is 1.26. The van der Waals surface area contributed by atoms with Crippen molar-refractivity contribution in [1.29, 1.82) is 0 Å². The molecule has 0 N–H and O–H groups in total. The average Bonchev–Trinajstić information content (AvgIpc) is 3.23. The Morgan fingerprint density at radius 2 is 1.84 bits per heavy atom. The van der Waals surface area contributed by atoms with Gasteiger partial charge in [-0.15, -0.1) is 0 Å². The predicted molar refractivity (Wildman–Crippen MR) is 91.5 cm³/mol. The highest BCUT2D eigenvalue weighted by molar-refractivity contribution is 5.83. The molecule has 2 atom stereocenters. The summed E-state index contributed by atoms with van der Waals surface area (Å²) in [5.74, 6) is 2.04. The third-order valence-electron chi connectivity index (χ3n) is 6.60. The molecule has 2 saturated carbocycles. The fraction of sp³-hybridized carbons (Fsp3) is 0.600. The van der Waals surface area contributed by atoms with Gasteiger partial charge in [0.1, 0.15) is 5.82 Å². The molecule has 5 heteroatoms. The van der Waals surface area contributed by atoms with Gasteiger partial charge in [0, 0.05) is 36.4 Å². The minimum absolute atomic E-state index is 0.289. The summed E-state index contributed by atoms with van der Waals surface area (Å²) >= 11 is 0. The van der Waals surface area contributed by atoms with Crippen LogP contribution in [-0.4, -0.2) is 29.1 Å². The molecule has 1 aromatic heterocycles. The summed E-state index contributed by atoms with van der Waals surface area (Å²) in [6.07, 6.45) is 6.91. The maximum Gasteiger partial charge on any atom is 0.226 e. The van der Waals surface area contributed by atoms with E-state index < -0.39 is 0 Å². The molecule has 132 valence electrons. The van der Waals surface area contributed by atoms with E-state index in [0.29, 0.717) is 29.2 Å². The van der Waals surface area contributed by atoms with Crippen LogP contribution in [0.1, 0.15) is 50.1 Å². The van der Waals surface area contributed by atoms with Gasteiger partial charge in [-0.2, -0.15) is 0 Å². The molecule has 1 amide bonds. The Bertz CT molecular complexity index is 797. The van der Waals surface area contributed by atoms with Gasteiger partial charge in [-0.1, -0.05) is 18.0 Å². The number of benzene rings is 1. The van der Waals surface area contributed by atoms with Gasteiger partial charge < -0.3 is 9.42 Å². The van der Waals surface area contributed by atoms with Crippen LogP contribution in [0, 0.1) is 23.6 Å². The van der Waals surface area contributed by atoms with E-state index in [1.54, 1.807) is 6.07 Å². The van der Waals surface area contributed by atoms with Crippen molar-refractivity contribution in [3.63, 3.8) is 0 Å². The second-order valence-electron chi connectivity index (χ2n) is 7.95. The van der Waals surface area contributed by atoms with Crippen molar-refractivity contribution in [2.24, 2.45) is 17.8 Å². The number of nitrogens with zero attached hydrogens (tertiary/aromatic N) is 2. The van der Waals surface area contributed by atoms with Gasteiger partial charge in [0.2, 0.25) is 5.91 Å². The molecule has 4 nitrogen and oxygen atoms in total. The van der Waals surface area contributed by atoms with Crippen molar-refractivity contribution in [3.05, 3.63) is 29.7 Å². The van der Waals surface area contributed by atoms with Crippen LogP contribution in [0.2, 0.25) is 0 Å². The highest BCUT2D eigenvalue weighted by Crippen LogP contribution is 2.56. The number of amides is 1. The van der Waals surface area contributed by atoms with Crippen LogP contribution < -0.4 is 0 Å². The number of fused-ring (bicyclic) bond motifs is 2. The number of hydrogen-bond donors (Lipinski definition) is 0. The van der Waals surface area contributed by atoms with Crippen LogP contribution in [0.3, 0.4) is 0 Å². The first-order valence-corrected chi connectivity index (χ1v) is 9.56. The van der Waals surface area contributed by atoms with E-state index in [-0.39, 0.29) is 11.7 Å².